The van der Waals surface area contributed by atoms with Crippen LogP contribution in [0.1, 0.15) is 30.7 Å². The van der Waals surface area contributed by atoms with E-state index in [2.05, 4.69) is 56.2 Å². The van der Waals surface area contributed by atoms with Gasteiger partial charge in [-0.05, 0) is 44.0 Å². The molecule has 0 saturated carbocycles. The number of hydrogen-bond donors (Lipinski definition) is 2. The number of benzene rings is 1. The van der Waals surface area contributed by atoms with Crippen LogP contribution in [0, 0.1) is 13.8 Å². The summed E-state index contributed by atoms with van der Waals surface area (Å²) in [5.41, 5.74) is 5.33. The Balaban J connectivity index is 2.24. The molecule has 0 spiro atoms. The summed E-state index contributed by atoms with van der Waals surface area (Å²) >= 11 is 0. The van der Waals surface area contributed by atoms with Crippen molar-refractivity contribution < 1.29 is 0 Å². The van der Waals surface area contributed by atoms with E-state index in [4.69, 9.17) is 0 Å². The van der Waals surface area contributed by atoms with Crippen LogP contribution in [0.4, 0.5) is 0 Å². The fourth-order valence-corrected chi connectivity index (χ4v) is 2.31. The standard InChI is InChI=1S/C15H22N2/c1-10(2)16-8-7-13-12(4)17-15-9-11(3)5-6-14(13)15/h5-6,9-10,16-17H,7-8H2,1-4H3. The van der Waals surface area contributed by atoms with Crippen molar-refractivity contribution in [2.45, 2.75) is 40.2 Å². The van der Waals surface area contributed by atoms with Gasteiger partial charge in [-0.15, -0.1) is 0 Å². The molecule has 2 rings (SSSR count). The molecule has 2 aromatic rings. The summed E-state index contributed by atoms with van der Waals surface area (Å²) in [6.45, 7) is 9.71. The molecule has 92 valence electrons. The zero-order valence-corrected chi connectivity index (χ0v) is 11.2. The average molecular weight is 230 g/mol. The molecule has 0 radical (unpaired) electrons. The topological polar surface area (TPSA) is 27.8 Å². The summed E-state index contributed by atoms with van der Waals surface area (Å²) in [4.78, 5) is 3.48. The van der Waals surface area contributed by atoms with E-state index in [-0.39, 0.29) is 0 Å². The van der Waals surface area contributed by atoms with Crippen molar-refractivity contribution in [1.82, 2.24) is 10.3 Å². The molecule has 1 aromatic heterocycles. The zero-order chi connectivity index (χ0) is 12.4. The zero-order valence-electron chi connectivity index (χ0n) is 11.2. The largest absolute Gasteiger partial charge is 0.358 e. The molecule has 0 atom stereocenters. The fraction of sp³-hybridized carbons (Fsp3) is 0.467. The molecule has 1 aromatic carbocycles. The smallest absolute Gasteiger partial charge is 0.0461 e. The van der Waals surface area contributed by atoms with Gasteiger partial charge in [-0.1, -0.05) is 26.0 Å². The van der Waals surface area contributed by atoms with Gasteiger partial charge < -0.3 is 10.3 Å². The van der Waals surface area contributed by atoms with Crippen molar-refractivity contribution in [3.05, 3.63) is 35.0 Å². The number of hydrogen-bond acceptors (Lipinski definition) is 1. The van der Waals surface area contributed by atoms with Gasteiger partial charge in [0.2, 0.25) is 0 Å². The molecular formula is C15H22N2. The van der Waals surface area contributed by atoms with Gasteiger partial charge in [0.25, 0.3) is 0 Å². The molecule has 2 heteroatoms. The maximum atomic E-state index is 3.48. The number of aromatic nitrogens is 1. The highest BCUT2D eigenvalue weighted by atomic mass is 14.9. The summed E-state index contributed by atoms with van der Waals surface area (Å²) < 4.78 is 0. The second-order valence-corrected chi connectivity index (χ2v) is 5.14. The second kappa shape index (κ2) is 4.92. The Kier molecular flexibility index (Phi) is 3.53. The number of fused-ring (bicyclic) bond motifs is 1. The van der Waals surface area contributed by atoms with Crippen LogP contribution in [-0.2, 0) is 6.42 Å². The van der Waals surface area contributed by atoms with E-state index >= 15 is 0 Å². The Morgan fingerprint density at radius 1 is 1.24 bits per heavy atom. The first kappa shape index (κ1) is 12.2. The summed E-state index contributed by atoms with van der Waals surface area (Å²) in [6, 6.07) is 7.21. The van der Waals surface area contributed by atoms with Crippen LogP contribution in [0.25, 0.3) is 10.9 Å². The van der Waals surface area contributed by atoms with Gasteiger partial charge in [-0.3, -0.25) is 0 Å². The lowest BCUT2D eigenvalue weighted by molar-refractivity contribution is 0.590. The molecule has 0 aliphatic heterocycles. The van der Waals surface area contributed by atoms with Gasteiger partial charge in [0.15, 0.2) is 0 Å². The lowest BCUT2D eigenvalue weighted by Crippen LogP contribution is -2.25. The van der Waals surface area contributed by atoms with Gasteiger partial charge in [-0.2, -0.15) is 0 Å². The summed E-state index contributed by atoms with van der Waals surface area (Å²) in [5.74, 6) is 0. The van der Waals surface area contributed by atoms with Crippen molar-refractivity contribution in [1.29, 1.82) is 0 Å². The first-order chi connectivity index (χ1) is 8.08. The van der Waals surface area contributed by atoms with Crippen molar-refractivity contribution in [2.24, 2.45) is 0 Å². The Hall–Kier alpha value is -1.28. The molecule has 2 nitrogen and oxygen atoms in total. The Morgan fingerprint density at radius 2 is 2.00 bits per heavy atom. The normalized spacial score (nSPS) is 11.6. The Labute approximate surface area is 103 Å². The third-order valence-electron chi connectivity index (χ3n) is 3.20. The highest BCUT2D eigenvalue weighted by molar-refractivity contribution is 5.85. The molecule has 0 amide bonds. The number of H-pyrrole nitrogens is 1. The molecule has 0 saturated heterocycles. The molecule has 0 bridgehead atoms. The van der Waals surface area contributed by atoms with Crippen LogP contribution in [0.5, 0.6) is 0 Å². The first-order valence-corrected chi connectivity index (χ1v) is 6.39. The van der Waals surface area contributed by atoms with E-state index in [1.807, 2.05) is 0 Å². The van der Waals surface area contributed by atoms with Gasteiger partial charge in [0.05, 0.1) is 0 Å². The van der Waals surface area contributed by atoms with E-state index < -0.39 is 0 Å². The molecule has 0 aliphatic rings. The minimum Gasteiger partial charge on any atom is -0.358 e. The molecule has 2 N–H and O–H groups in total. The van der Waals surface area contributed by atoms with Crippen molar-refractivity contribution in [3.8, 4) is 0 Å². The van der Waals surface area contributed by atoms with E-state index in [0.29, 0.717) is 6.04 Å². The Morgan fingerprint density at radius 3 is 2.71 bits per heavy atom. The monoisotopic (exact) mass is 230 g/mol. The number of aromatic amines is 1. The fourth-order valence-electron chi connectivity index (χ4n) is 2.31. The van der Waals surface area contributed by atoms with Crippen LogP contribution in [-0.4, -0.2) is 17.6 Å². The molecule has 17 heavy (non-hydrogen) atoms. The van der Waals surface area contributed by atoms with E-state index in [0.717, 1.165) is 13.0 Å². The predicted molar refractivity (Wildman–Crippen MR) is 74.6 cm³/mol. The Bertz CT molecular complexity index is 509. The van der Waals surface area contributed by atoms with Crippen molar-refractivity contribution in [3.63, 3.8) is 0 Å². The molecular weight excluding hydrogens is 208 g/mol. The van der Waals surface area contributed by atoms with E-state index in [1.165, 1.54) is 27.7 Å². The summed E-state index contributed by atoms with van der Waals surface area (Å²) in [5, 5.41) is 4.85. The summed E-state index contributed by atoms with van der Waals surface area (Å²) in [7, 11) is 0. The molecule has 1 heterocycles. The highest BCUT2D eigenvalue weighted by Crippen LogP contribution is 2.23. The highest BCUT2D eigenvalue weighted by Gasteiger charge is 2.08. The van der Waals surface area contributed by atoms with Crippen LogP contribution < -0.4 is 5.32 Å². The minimum atomic E-state index is 0.558. The average Bonchev–Trinajstić information content (AvgIpc) is 2.54. The van der Waals surface area contributed by atoms with E-state index in [1.54, 1.807) is 0 Å². The van der Waals surface area contributed by atoms with E-state index in [9.17, 15) is 0 Å². The van der Waals surface area contributed by atoms with Crippen molar-refractivity contribution >= 4 is 10.9 Å². The van der Waals surface area contributed by atoms with Gasteiger partial charge in [-0.25, -0.2) is 0 Å². The molecule has 0 aliphatic carbocycles. The van der Waals surface area contributed by atoms with Gasteiger partial charge in [0.1, 0.15) is 0 Å². The number of nitrogens with one attached hydrogen (secondary N) is 2. The quantitative estimate of drug-likeness (QED) is 0.828. The number of aryl methyl sites for hydroxylation is 2. The molecule has 0 unspecified atom stereocenters. The van der Waals surface area contributed by atoms with Crippen LogP contribution >= 0.6 is 0 Å². The molecule has 0 fully saturated rings. The lowest BCUT2D eigenvalue weighted by atomic mass is 10.1. The predicted octanol–water partition coefficient (Wildman–Crippen LogP) is 3.33. The third kappa shape index (κ3) is 2.70. The van der Waals surface area contributed by atoms with Crippen molar-refractivity contribution in [2.75, 3.05) is 6.54 Å². The maximum Gasteiger partial charge on any atom is 0.0461 e. The SMILES string of the molecule is Cc1ccc2c(CCNC(C)C)c(C)[nH]c2c1. The first-order valence-electron chi connectivity index (χ1n) is 6.39. The van der Waals surface area contributed by atoms with Gasteiger partial charge in [0, 0.05) is 22.6 Å². The maximum absolute atomic E-state index is 3.48. The van der Waals surface area contributed by atoms with Crippen LogP contribution in [0.2, 0.25) is 0 Å². The second-order valence-electron chi connectivity index (χ2n) is 5.14. The van der Waals surface area contributed by atoms with Crippen LogP contribution in [0.15, 0.2) is 18.2 Å². The number of rotatable bonds is 4. The summed E-state index contributed by atoms with van der Waals surface area (Å²) in [6.07, 6.45) is 1.09. The lowest BCUT2D eigenvalue weighted by Gasteiger charge is -2.07. The van der Waals surface area contributed by atoms with Crippen LogP contribution in [0.3, 0.4) is 0 Å². The minimum absolute atomic E-state index is 0.558. The third-order valence-corrected chi connectivity index (χ3v) is 3.20. The van der Waals surface area contributed by atoms with Gasteiger partial charge >= 0.3 is 0 Å².